The molecule has 33 heavy (non-hydrogen) atoms. The van der Waals surface area contributed by atoms with Crippen molar-refractivity contribution < 1.29 is 19.4 Å². The fraction of sp³-hybridized carbons (Fsp3) is 0.720. The molecule has 2 aromatic heterocycles. The maximum absolute atomic E-state index is 10.5. The summed E-state index contributed by atoms with van der Waals surface area (Å²) >= 11 is 1.83. The molecule has 0 spiro atoms. The van der Waals surface area contributed by atoms with E-state index in [9.17, 15) is 4.79 Å². The molecule has 4 rings (SSSR count). The number of amides is 1. The van der Waals surface area contributed by atoms with Gasteiger partial charge in [-0.15, -0.1) is 11.3 Å². The van der Waals surface area contributed by atoms with Crippen LogP contribution in [0.2, 0.25) is 0 Å². The van der Waals surface area contributed by atoms with Crippen LogP contribution in [0.15, 0.2) is 6.33 Å². The molecular weight excluding hydrogens is 438 g/mol. The predicted molar refractivity (Wildman–Crippen MR) is 136 cm³/mol. The van der Waals surface area contributed by atoms with E-state index in [0.29, 0.717) is 6.10 Å². The summed E-state index contributed by atoms with van der Waals surface area (Å²) < 4.78 is 11.0. The molecule has 0 radical (unpaired) electrons. The van der Waals surface area contributed by atoms with E-state index in [0.717, 1.165) is 10.7 Å². The Bertz CT molecular complexity index is 827. The van der Waals surface area contributed by atoms with Crippen LogP contribution < -0.4 is 10.1 Å². The summed E-state index contributed by atoms with van der Waals surface area (Å²) in [5, 5.41) is 11.1. The molecule has 0 aliphatic heterocycles. The lowest BCUT2D eigenvalue weighted by atomic mass is 9.98. The van der Waals surface area contributed by atoms with Crippen LogP contribution >= 0.6 is 11.3 Å². The molecule has 2 N–H and O–H groups in total. The van der Waals surface area contributed by atoms with E-state index in [4.69, 9.17) is 14.6 Å². The highest BCUT2D eigenvalue weighted by Gasteiger charge is 2.24. The Labute approximate surface area is 203 Å². The quantitative estimate of drug-likeness (QED) is 0.542. The summed E-state index contributed by atoms with van der Waals surface area (Å²) in [5.41, 5.74) is 1.08. The average molecular weight is 482 g/mol. The largest absolute Gasteiger partial charge is 0.474 e. The smallest absolute Gasteiger partial charge is 0.407 e. The number of aryl methyl sites for hydroxylation is 2. The van der Waals surface area contributed by atoms with Gasteiger partial charge in [-0.3, -0.25) is 0 Å². The van der Waals surface area contributed by atoms with Gasteiger partial charge in [0.1, 0.15) is 22.9 Å². The number of aliphatic hydroxyl groups excluding tert-OH is 1. The summed E-state index contributed by atoms with van der Waals surface area (Å²) in [6.45, 7) is 11.4. The van der Waals surface area contributed by atoms with Crippen molar-refractivity contribution >= 4 is 27.6 Å². The Morgan fingerprint density at radius 2 is 1.79 bits per heavy atom. The van der Waals surface area contributed by atoms with Crippen molar-refractivity contribution in [1.82, 2.24) is 15.3 Å². The van der Waals surface area contributed by atoms with Crippen LogP contribution in [0.1, 0.15) is 90.5 Å². The molecule has 2 aliphatic carbocycles. The second-order valence-corrected chi connectivity index (χ2v) is 9.75. The number of rotatable bonds is 2. The Balaban J connectivity index is 0.000000331. The van der Waals surface area contributed by atoms with Gasteiger partial charge in [0.25, 0.3) is 0 Å². The topological polar surface area (TPSA) is 93.6 Å². The van der Waals surface area contributed by atoms with Gasteiger partial charge < -0.3 is 19.9 Å². The van der Waals surface area contributed by atoms with Crippen molar-refractivity contribution in [1.29, 1.82) is 0 Å². The van der Waals surface area contributed by atoms with Gasteiger partial charge in [0, 0.05) is 18.5 Å². The number of carbonyl (C=O) groups is 1. The van der Waals surface area contributed by atoms with Crippen molar-refractivity contribution in [2.75, 3.05) is 13.7 Å². The molecule has 1 amide bonds. The highest BCUT2D eigenvalue weighted by atomic mass is 32.1. The lowest BCUT2D eigenvalue weighted by Crippen LogP contribution is -2.30. The van der Waals surface area contributed by atoms with Crippen molar-refractivity contribution in [3.63, 3.8) is 0 Å². The summed E-state index contributed by atoms with van der Waals surface area (Å²) in [6, 6.07) is 0. The minimum absolute atomic E-state index is 0.250. The van der Waals surface area contributed by atoms with E-state index in [1.165, 1.54) is 74.2 Å². The van der Waals surface area contributed by atoms with E-state index < -0.39 is 0 Å². The third kappa shape index (κ3) is 9.84. The third-order valence-corrected chi connectivity index (χ3v) is 6.10. The first-order valence-electron chi connectivity index (χ1n) is 12.2. The monoisotopic (exact) mass is 481 g/mol. The first-order chi connectivity index (χ1) is 15.8. The number of nitrogens with zero attached hydrogens (tertiary/aromatic N) is 2. The number of aromatic nitrogens is 2. The molecule has 0 atom stereocenters. The second kappa shape index (κ2) is 15.1. The van der Waals surface area contributed by atoms with Crippen LogP contribution in [0.4, 0.5) is 4.79 Å². The first kappa shape index (κ1) is 29.1. The Morgan fingerprint density at radius 3 is 2.33 bits per heavy atom. The van der Waals surface area contributed by atoms with Gasteiger partial charge in [-0.05, 0) is 78.2 Å². The number of hydrogen-bond acceptors (Lipinski definition) is 7. The number of hydrogen-bond donors (Lipinski definition) is 2. The zero-order valence-corrected chi connectivity index (χ0v) is 22.3. The van der Waals surface area contributed by atoms with Crippen LogP contribution in [0, 0.1) is 0 Å². The average Bonchev–Trinajstić information content (AvgIpc) is 3.37. The summed E-state index contributed by atoms with van der Waals surface area (Å²) in [7, 11) is 1.54. The number of alkyl carbamates (subject to hydrolysis) is 1. The van der Waals surface area contributed by atoms with E-state index in [-0.39, 0.29) is 18.3 Å². The number of fused-ring (bicyclic) bond motifs is 3. The molecule has 188 valence electrons. The Kier molecular flexibility index (Phi) is 13.3. The fourth-order valence-electron chi connectivity index (χ4n) is 3.66. The van der Waals surface area contributed by atoms with Gasteiger partial charge >= 0.3 is 6.09 Å². The van der Waals surface area contributed by atoms with E-state index in [2.05, 4.69) is 15.3 Å². The van der Waals surface area contributed by atoms with Gasteiger partial charge in [0.05, 0.1) is 5.39 Å². The normalized spacial score (nSPS) is 15.0. The van der Waals surface area contributed by atoms with Gasteiger partial charge in [0.2, 0.25) is 5.88 Å². The van der Waals surface area contributed by atoms with Crippen LogP contribution in [-0.2, 0) is 17.6 Å². The molecule has 2 heterocycles. The van der Waals surface area contributed by atoms with Crippen LogP contribution in [0.25, 0.3) is 10.2 Å². The number of nitrogens with one attached hydrogen (secondary N) is 1. The predicted octanol–water partition coefficient (Wildman–Crippen LogP) is 6.06. The lowest BCUT2D eigenvalue weighted by Gasteiger charge is -2.22. The number of ether oxygens (including phenoxy) is 2. The minimum atomic E-state index is -0.389. The molecule has 1 fully saturated rings. The summed E-state index contributed by atoms with van der Waals surface area (Å²) in [5.74, 6) is 0.844. The molecule has 0 aromatic carbocycles. The lowest BCUT2D eigenvalue weighted by molar-refractivity contribution is 0.0541. The van der Waals surface area contributed by atoms with Gasteiger partial charge in [-0.2, -0.15) is 0 Å². The van der Waals surface area contributed by atoms with Crippen molar-refractivity contribution in [2.24, 2.45) is 0 Å². The van der Waals surface area contributed by atoms with Crippen molar-refractivity contribution in [2.45, 2.75) is 105 Å². The summed E-state index contributed by atoms with van der Waals surface area (Å²) in [6.07, 6.45) is 11.6. The van der Waals surface area contributed by atoms with E-state index >= 15 is 0 Å². The standard InChI is InChI=1S/C15H18N2OS.C6H13NO2.C2H6O.C2H6/c1-2-5-10(6-3-1)18-14-13-11-7-4-8-12(11)19-15(13)17-9-16-14;1-6(2,3)9-5(8)7-4;1-2-3;1-2/h9-10H,1-8H2;1-4H3,(H,7,8);3H,2H2,1H3;1-2H3. The first-order valence-corrected chi connectivity index (χ1v) is 13.0. The zero-order chi connectivity index (χ0) is 24.9. The molecule has 7 nitrogen and oxygen atoms in total. The molecule has 1 saturated carbocycles. The molecular formula is C25H43N3O4S. The van der Waals surface area contributed by atoms with E-state index in [1.807, 2.05) is 46.0 Å². The fourth-order valence-corrected chi connectivity index (χ4v) is 4.88. The van der Waals surface area contributed by atoms with Gasteiger partial charge in [-0.25, -0.2) is 14.8 Å². The van der Waals surface area contributed by atoms with Crippen molar-refractivity contribution in [3.8, 4) is 5.88 Å². The third-order valence-electron chi connectivity index (χ3n) is 4.90. The second-order valence-electron chi connectivity index (χ2n) is 8.66. The van der Waals surface area contributed by atoms with Gasteiger partial charge in [0.15, 0.2) is 0 Å². The Hall–Kier alpha value is -1.93. The summed E-state index contributed by atoms with van der Waals surface area (Å²) in [4.78, 5) is 22.0. The molecule has 8 heteroatoms. The van der Waals surface area contributed by atoms with Crippen LogP contribution in [-0.4, -0.2) is 46.5 Å². The van der Waals surface area contributed by atoms with Crippen LogP contribution in [0.5, 0.6) is 5.88 Å². The SMILES string of the molecule is CC.CCO.CNC(=O)OC(C)(C)C.c1nc(OC2CCCCC2)c2c3c(sc2n1)CCC3. The Morgan fingerprint density at radius 1 is 1.15 bits per heavy atom. The molecule has 2 aromatic rings. The minimum Gasteiger partial charge on any atom is -0.474 e. The van der Waals surface area contributed by atoms with Crippen LogP contribution in [0.3, 0.4) is 0 Å². The highest BCUT2D eigenvalue weighted by molar-refractivity contribution is 7.18. The maximum Gasteiger partial charge on any atom is 0.407 e. The van der Waals surface area contributed by atoms with Crippen molar-refractivity contribution in [3.05, 3.63) is 16.8 Å². The number of aliphatic hydroxyl groups is 1. The number of carbonyl (C=O) groups excluding carboxylic acids is 1. The maximum atomic E-state index is 10.5. The molecule has 0 unspecified atom stereocenters. The van der Waals surface area contributed by atoms with Gasteiger partial charge in [-0.1, -0.05) is 20.3 Å². The highest BCUT2D eigenvalue weighted by Crippen LogP contribution is 2.40. The molecule has 0 bridgehead atoms. The molecule has 2 aliphatic rings. The number of thiophene rings is 1. The van der Waals surface area contributed by atoms with E-state index in [1.54, 1.807) is 13.3 Å². The zero-order valence-electron chi connectivity index (χ0n) is 21.5. The molecule has 0 saturated heterocycles.